The van der Waals surface area contributed by atoms with Crippen molar-refractivity contribution in [2.75, 3.05) is 6.61 Å². The van der Waals surface area contributed by atoms with E-state index in [1.54, 1.807) is 6.07 Å². The quantitative estimate of drug-likeness (QED) is 0.455. The molecule has 0 aromatic heterocycles. The van der Waals surface area contributed by atoms with Crippen molar-refractivity contribution >= 4 is 12.0 Å². The summed E-state index contributed by atoms with van der Waals surface area (Å²) in [5.74, 6) is -0.540. The topological polar surface area (TPSA) is 69.4 Å². The lowest BCUT2D eigenvalue weighted by atomic mass is 10.1. The number of nitrogens with zero attached hydrogens (tertiary/aromatic N) is 1. The molecule has 0 spiro atoms. The third-order valence-corrected chi connectivity index (χ3v) is 2.03. The van der Waals surface area contributed by atoms with Gasteiger partial charge in [0.25, 0.3) is 5.70 Å². The Balaban J connectivity index is 2.90. The van der Waals surface area contributed by atoms with Gasteiger partial charge in [-0.2, -0.15) is 0 Å². The minimum Gasteiger partial charge on any atom is -0.454 e. The maximum Gasteiger partial charge on any atom is 0.303 e. The van der Waals surface area contributed by atoms with Gasteiger partial charge in [0.2, 0.25) is 0 Å². The van der Waals surface area contributed by atoms with E-state index in [0.29, 0.717) is 5.56 Å². The second kappa shape index (κ2) is 5.79. The Bertz CT molecular complexity index is 465. The molecule has 90 valence electrons. The van der Waals surface area contributed by atoms with Crippen LogP contribution in [-0.4, -0.2) is 17.5 Å². The summed E-state index contributed by atoms with van der Waals surface area (Å²) in [7, 11) is 0. The Hall–Kier alpha value is -2.17. The van der Waals surface area contributed by atoms with Crippen LogP contribution in [0.2, 0.25) is 0 Å². The van der Waals surface area contributed by atoms with E-state index in [0.717, 1.165) is 5.56 Å². The summed E-state index contributed by atoms with van der Waals surface area (Å²) >= 11 is 0. The van der Waals surface area contributed by atoms with Crippen molar-refractivity contribution in [1.82, 2.24) is 0 Å². The van der Waals surface area contributed by atoms with Crippen LogP contribution < -0.4 is 0 Å². The van der Waals surface area contributed by atoms with Gasteiger partial charge in [-0.05, 0) is 12.5 Å². The van der Waals surface area contributed by atoms with Crippen molar-refractivity contribution in [1.29, 1.82) is 0 Å². The fourth-order valence-corrected chi connectivity index (χ4v) is 1.27. The van der Waals surface area contributed by atoms with E-state index in [1.165, 1.54) is 13.0 Å². The van der Waals surface area contributed by atoms with Gasteiger partial charge in [-0.25, -0.2) is 0 Å². The molecule has 0 bridgehead atoms. The largest absolute Gasteiger partial charge is 0.454 e. The molecule has 1 rings (SSSR count). The third kappa shape index (κ3) is 4.46. The van der Waals surface area contributed by atoms with Crippen molar-refractivity contribution in [3.05, 3.63) is 51.2 Å². The first-order valence-corrected chi connectivity index (χ1v) is 5.04. The third-order valence-electron chi connectivity index (χ3n) is 2.03. The highest BCUT2D eigenvalue weighted by atomic mass is 16.6. The number of carbonyl (C=O) groups is 1. The fourth-order valence-electron chi connectivity index (χ4n) is 1.27. The number of hydrogen-bond acceptors (Lipinski definition) is 4. The number of rotatable bonds is 4. The molecule has 0 saturated heterocycles. The Morgan fingerprint density at radius 2 is 2.24 bits per heavy atom. The first-order valence-electron chi connectivity index (χ1n) is 5.04. The lowest BCUT2D eigenvalue weighted by molar-refractivity contribution is -0.428. The summed E-state index contributed by atoms with van der Waals surface area (Å²) in [5, 5.41) is 10.7. The number of aryl methyl sites for hydroxylation is 1. The molecule has 0 atom stereocenters. The fraction of sp³-hybridized carbons (Fsp3) is 0.250. The van der Waals surface area contributed by atoms with Crippen LogP contribution in [0.4, 0.5) is 0 Å². The number of nitro groups is 1. The van der Waals surface area contributed by atoms with Crippen LogP contribution in [0.1, 0.15) is 18.1 Å². The molecule has 1 aromatic rings. The summed E-state index contributed by atoms with van der Waals surface area (Å²) in [5.41, 5.74) is 1.57. The van der Waals surface area contributed by atoms with Crippen LogP contribution in [-0.2, 0) is 9.53 Å². The predicted molar refractivity (Wildman–Crippen MR) is 62.8 cm³/mol. The Labute approximate surface area is 98.9 Å². The summed E-state index contributed by atoms with van der Waals surface area (Å²) in [6, 6.07) is 7.28. The molecule has 0 heterocycles. The van der Waals surface area contributed by atoms with E-state index in [4.69, 9.17) is 0 Å². The minimum atomic E-state index is -0.550. The molecule has 0 fully saturated rings. The average Bonchev–Trinajstić information content (AvgIpc) is 2.23. The van der Waals surface area contributed by atoms with Crippen molar-refractivity contribution < 1.29 is 14.5 Å². The van der Waals surface area contributed by atoms with Gasteiger partial charge in [0.1, 0.15) is 0 Å². The van der Waals surface area contributed by atoms with Gasteiger partial charge in [0.15, 0.2) is 6.61 Å². The SMILES string of the molecule is CC(=O)OC/C(=C/c1cccc(C)c1)[N+](=O)[O-]. The molecule has 0 unspecified atom stereocenters. The van der Waals surface area contributed by atoms with E-state index >= 15 is 0 Å². The van der Waals surface area contributed by atoms with E-state index in [9.17, 15) is 14.9 Å². The van der Waals surface area contributed by atoms with Crippen LogP contribution in [0.15, 0.2) is 30.0 Å². The molecule has 1 aromatic carbocycles. The van der Waals surface area contributed by atoms with Crippen molar-refractivity contribution in [3.8, 4) is 0 Å². The summed E-state index contributed by atoms with van der Waals surface area (Å²) < 4.78 is 4.62. The van der Waals surface area contributed by atoms with Gasteiger partial charge in [0.05, 0.1) is 4.92 Å². The van der Waals surface area contributed by atoms with E-state index < -0.39 is 10.9 Å². The van der Waals surface area contributed by atoms with Gasteiger partial charge in [-0.15, -0.1) is 0 Å². The van der Waals surface area contributed by atoms with E-state index in [-0.39, 0.29) is 12.3 Å². The highest BCUT2D eigenvalue weighted by Gasteiger charge is 2.12. The molecule has 17 heavy (non-hydrogen) atoms. The van der Waals surface area contributed by atoms with Gasteiger partial charge in [-0.1, -0.05) is 29.8 Å². The summed E-state index contributed by atoms with van der Waals surface area (Å²) in [4.78, 5) is 20.8. The molecule has 0 aliphatic heterocycles. The molecule has 0 N–H and O–H groups in total. The zero-order valence-electron chi connectivity index (χ0n) is 9.67. The molecule has 0 radical (unpaired) electrons. The van der Waals surface area contributed by atoms with Crippen molar-refractivity contribution in [3.63, 3.8) is 0 Å². The number of carbonyl (C=O) groups excluding carboxylic acids is 1. The van der Waals surface area contributed by atoms with Crippen LogP contribution in [0.3, 0.4) is 0 Å². The molecular formula is C12H13NO4. The smallest absolute Gasteiger partial charge is 0.303 e. The zero-order valence-corrected chi connectivity index (χ0v) is 9.67. The number of ether oxygens (including phenoxy) is 1. The highest BCUT2D eigenvalue weighted by Crippen LogP contribution is 2.10. The van der Waals surface area contributed by atoms with E-state index in [1.807, 2.05) is 25.1 Å². The summed E-state index contributed by atoms with van der Waals surface area (Å²) in [6.07, 6.45) is 1.40. The Morgan fingerprint density at radius 3 is 2.76 bits per heavy atom. The minimum absolute atomic E-state index is 0.147. The standard InChI is InChI=1S/C12H13NO4/c1-9-4-3-5-11(6-9)7-12(13(15)16)8-17-10(2)14/h3-7H,8H2,1-2H3/b12-7-. The van der Waals surface area contributed by atoms with E-state index in [2.05, 4.69) is 4.74 Å². The predicted octanol–water partition coefficient (Wildman–Crippen LogP) is 2.18. The number of esters is 1. The van der Waals surface area contributed by atoms with Crippen LogP contribution in [0.25, 0.3) is 6.08 Å². The Morgan fingerprint density at radius 1 is 1.53 bits per heavy atom. The number of hydrogen-bond donors (Lipinski definition) is 0. The van der Waals surface area contributed by atoms with Crippen LogP contribution in [0, 0.1) is 17.0 Å². The molecule has 0 saturated carbocycles. The second-order valence-corrected chi connectivity index (χ2v) is 3.59. The first kappa shape index (κ1) is 12.9. The normalized spacial score (nSPS) is 11.1. The monoisotopic (exact) mass is 235 g/mol. The van der Waals surface area contributed by atoms with Crippen molar-refractivity contribution in [2.45, 2.75) is 13.8 Å². The zero-order chi connectivity index (χ0) is 12.8. The second-order valence-electron chi connectivity index (χ2n) is 3.59. The molecule has 0 amide bonds. The van der Waals surface area contributed by atoms with Crippen LogP contribution >= 0.6 is 0 Å². The molecule has 5 heteroatoms. The van der Waals surface area contributed by atoms with Crippen LogP contribution in [0.5, 0.6) is 0 Å². The summed E-state index contributed by atoms with van der Waals surface area (Å²) in [6.45, 7) is 2.79. The lowest BCUT2D eigenvalue weighted by Gasteiger charge is -2.00. The van der Waals surface area contributed by atoms with Gasteiger partial charge >= 0.3 is 5.97 Å². The molecule has 0 aliphatic carbocycles. The van der Waals surface area contributed by atoms with Gasteiger partial charge in [0, 0.05) is 13.0 Å². The lowest BCUT2D eigenvalue weighted by Crippen LogP contribution is -2.09. The number of benzene rings is 1. The van der Waals surface area contributed by atoms with Gasteiger partial charge in [-0.3, -0.25) is 14.9 Å². The van der Waals surface area contributed by atoms with Crippen molar-refractivity contribution in [2.24, 2.45) is 0 Å². The average molecular weight is 235 g/mol. The molecule has 5 nitrogen and oxygen atoms in total. The maximum absolute atomic E-state index is 10.7. The first-order chi connectivity index (χ1) is 7.99. The molecule has 0 aliphatic rings. The van der Waals surface area contributed by atoms with Gasteiger partial charge < -0.3 is 4.74 Å². The maximum atomic E-state index is 10.7. The molecular weight excluding hydrogens is 222 g/mol. The highest BCUT2D eigenvalue weighted by molar-refractivity contribution is 5.66. The Kier molecular flexibility index (Phi) is 4.39.